The Labute approximate surface area is 96.6 Å². The average molecular weight is 251 g/mol. The number of benzene rings is 1. The molecule has 0 saturated carbocycles. The fourth-order valence-electron chi connectivity index (χ4n) is 1.20. The minimum Gasteiger partial charge on any atom is -0.362 e. The van der Waals surface area contributed by atoms with Crippen LogP contribution in [0.5, 0.6) is 0 Å². The molecule has 0 aliphatic carbocycles. The fraction of sp³-hybridized carbons (Fsp3) is 0.200. The van der Waals surface area contributed by atoms with E-state index in [2.05, 4.69) is 6.58 Å². The third-order valence-electron chi connectivity index (χ3n) is 1.87. The van der Waals surface area contributed by atoms with Gasteiger partial charge in [0.1, 0.15) is 5.82 Å². The quantitative estimate of drug-likeness (QED) is 0.492. The zero-order valence-corrected chi connectivity index (χ0v) is 9.19. The number of aliphatic hydroxyl groups is 2. The van der Waals surface area contributed by atoms with Crippen LogP contribution in [0.15, 0.2) is 24.8 Å². The fourth-order valence-corrected chi connectivity index (χ4v) is 1.87. The van der Waals surface area contributed by atoms with Crippen molar-refractivity contribution in [3.05, 3.63) is 46.2 Å². The summed E-state index contributed by atoms with van der Waals surface area (Å²) < 4.78 is 13.1. The summed E-state index contributed by atoms with van der Waals surface area (Å²) in [5.41, 5.74) is -0.245. The van der Waals surface area contributed by atoms with E-state index < -0.39 is 16.6 Å². The van der Waals surface area contributed by atoms with Gasteiger partial charge in [0.25, 0.3) is 0 Å². The lowest BCUT2D eigenvalue weighted by Crippen LogP contribution is -2.25. The number of halogens is 3. The Morgan fingerprint density at radius 1 is 1.40 bits per heavy atom. The molecule has 0 aromatic heterocycles. The van der Waals surface area contributed by atoms with Crippen molar-refractivity contribution >= 4 is 23.2 Å². The molecule has 0 amide bonds. The van der Waals surface area contributed by atoms with Crippen LogP contribution in [0, 0.1) is 5.82 Å². The molecule has 2 N–H and O–H groups in total. The van der Waals surface area contributed by atoms with Crippen molar-refractivity contribution in [2.24, 2.45) is 0 Å². The standard InChI is InChI=1S/C10H9Cl2FO2/c1-2-5-10(14,15)8-6(11)3-4-7(13)9(8)12/h2-4,14-15H,1,5H2. The van der Waals surface area contributed by atoms with Gasteiger partial charge < -0.3 is 10.2 Å². The van der Waals surface area contributed by atoms with Crippen LogP contribution in [0.2, 0.25) is 10.0 Å². The average Bonchev–Trinajstić information content (AvgIpc) is 2.11. The first kappa shape index (κ1) is 12.5. The molecule has 0 heterocycles. The third-order valence-corrected chi connectivity index (χ3v) is 2.56. The first-order chi connectivity index (χ1) is 6.90. The second kappa shape index (κ2) is 4.49. The lowest BCUT2D eigenvalue weighted by molar-refractivity contribution is -0.166. The van der Waals surface area contributed by atoms with E-state index in [1.54, 1.807) is 0 Å². The Bertz CT molecular complexity index is 391. The van der Waals surface area contributed by atoms with Gasteiger partial charge in [0, 0.05) is 6.42 Å². The Kier molecular flexibility index (Phi) is 3.73. The minimum absolute atomic E-state index is 0.00625. The summed E-state index contributed by atoms with van der Waals surface area (Å²) in [5.74, 6) is -3.06. The molecule has 1 aromatic carbocycles. The molecule has 0 atom stereocenters. The van der Waals surface area contributed by atoms with E-state index in [-0.39, 0.29) is 17.0 Å². The van der Waals surface area contributed by atoms with E-state index in [1.165, 1.54) is 12.1 Å². The largest absolute Gasteiger partial charge is 0.362 e. The van der Waals surface area contributed by atoms with Gasteiger partial charge in [-0.05, 0) is 12.1 Å². The lowest BCUT2D eigenvalue weighted by Gasteiger charge is -2.23. The van der Waals surface area contributed by atoms with Gasteiger partial charge in [0.2, 0.25) is 0 Å². The lowest BCUT2D eigenvalue weighted by atomic mass is 10.0. The van der Waals surface area contributed by atoms with Gasteiger partial charge in [0.15, 0.2) is 5.79 Å². The van der Waals surface area contributed by atoms with Crippen molar-refractivity contribution in [1.82, 2.24) is 0 Å². The normalized spacial score (nSPS) is 11.5. The van der Waals surface area contributed by atoms with Crippen molar-refractivity contribution in [2.45, 2.75) is 12.2 Å². The molecule has 2 nitrogen and oxygen atoms in total. The molecule has 0 fully saturated rings. The van der Waals surface area contributed by atoms with Crippen LogP contribution in [0.25, 0.3) is 0 Å². The van der Waals surface area contributed by atoms with Gasteiger partial charge in [-0.25, -0.2) is 4.39 Å². The summed E-state index contributed by atoms with van der Waals surface area (Å²) in [7, 11) is 0. The molecule has 0 spiro atoms. The molecule has 0 aliphatic heterocycles. The molecule has 82 valence electrons. The van der Waals surface area contributed by atoms with Crippen molar-refractivity contribution < 1.29 is 14.6 Å². The zero-order chi connectivity index (χ0) is 11.6. The van der Waals surface area contributed by atoms with Crippen molar-refractivity contribution in [3.63, 3.8) is 0 Å². The highest BCUT2D eigenvalue weighted by atomic mass is 35.5. The van der Waals surface area contributed by atoms with E-state index in [4.69, 9.17) is 23.2 Å². The summed E-state index contributed by atoms with van der Waals surface area (Å²) in [6.45, 7) is 3.35. The van der Waals surface area contributed by atoms with E-state index in [1.807, 2.05) is 0 Å². The van der Waals surface area contributed by atoms with E-state index >= 15 is 0 Å². The highest BCUT2D eigenvalue weighted by molar-refractivity contribution is 6.36. The third kappa shape index (κ3) is 2.49. The predicted molar refractivity (Wildman–Crippen MR) is 57.3 cm³/mol. The maximum Gasteiger partial charge on any atom is 0.196 e. The second-order valence-corrected chi connectivity index (χ2v) is 3.81. The van der Waals surface area contributed by atoms with Crippen LogP contribution in [-0.2, 0) is 5.79 Å². The van der Waals surface area contributed by atoms with Crippen molar-refractivity contribution in [3.8, 4) is 0 Å². The van der Waals surface area contributed by atoms with Crippen LogP contribution in [0.3, 0.4) is 0 Å². The van der Waals surface area contributed by atoms with E-state index in [0.717, 1.165) is 6.07 Å². The van der Waals surface area contributed by atoms with E-state index in [0.29, 0.717) is 0 Å². The summed E-state index contributed by atoms with van der Waals surface area (Å²) in [6.07, 6.45) is 1.08. The second-order valence-electron chi connectivity index (χ2n) is 3.03. The smallest absolute Gasteiger partial charge is 0.196 e. The maximum absolute atomic E-state index is 13.1. The molecular formula is C10H9Cl2FO2. The molecule has 0 saturated heterocycles. The molecule has 0 unspecified atom stereocenters. The minimum atomic E-state index is -2.31. The Morgan fingerprint density at radius 3 is 2.53 bits per heavy atom. The highest BCUT2D eigenvalue weighted by Crippen LogP contribution is 2.36. The SMILES string of the molecule is C=CCC(O)(O)c1c(Cl)ccc(F)c1Cl. The molecule has 0 bridgehead atoms. The molecule has 1 aromatic rings. The maximum atomic E-state index is 13.1. The Balaban J connectivity index is 3.35. The molecule has 1 rings (SSSR count). The topological polar surface area (TPSA) is 40.5 Å². The van der Waals surface area contributed by atoms with Gasteiger partial charge in [-0.2, -0.15) is 0 Å². The van der Waals surface area contributed by atoms with Crippen molar-refractivity contribution in [1.29, 1.82) is 0 Å². The summed E-state index contributed by atoms with van der Waals surface area (Å²) >= 11 is 11.3. The van der Waals surface area contributed by atoms with Gasteiger partial charge >= 0.3 is 0 Å². The van der Waals surface area contributed by atoms with Crippen LogP contribution in [0.4, 0.5) is 4.39 Å². The van der Waals surface area contributed by atoms with Crippen LogP contribution < -0.4 is 0 Å². The molecule has 15 heavy (non-hydrogen) atoms. The van der Waals surface area contributed by atoms with Gasteiger partial charge in [0.05, 0.1) is 15.6 Å². The molecular weight excluding hydrogens is 242 g/mol. The Hall–Kier alpha value is -0.610. The van der Waals surface area contributed by atoms with Crippen molar-refractivity contribution in [2.75, 3.05) is 0 Å². The van der Waals surface area contributed by atoms with Gasteiger partial charge in [-0.3, -0.25) is 0 Å². The monoisotopic (exact) mass is 250 g/mol. The van der Waals surface area contributed by atoms with E-state index in [9.17, 15) is 14.6 Å². The van der Waals surface area contributed by atoms with Crippen LogP contribution in [-0.4, -0.2) is 10.2 Å². The highest BCUT2D eigenvalue weighted by Gasteiger charge is 2.31. The number of rotatable bonds is 3. The zero-order valence-electron chi connectivity index (χ0n) is 7.67. The van der Waals surface area contributed by atoms with Gasteiger partial charge in [-0.15, -0.1) is 6.58 Å². The number of hydrogen-bond acceptors (Lipinski definition) is 2. The summed E-state index contributed by atoms with van der Waals surface area (Å²) in [4.78, 5) is 0. The Morgan fingerprint density at radius 2 is 2.00 bits per heavy atom. The molecule has 0 radical (unpaired) electrons. The first-order valence-corrected chi connectivity index (χ1v) is 4.85. The molecule has 0 aliphatic rings. The van der Waals surface area contributed by atoms with Gasteiger partial charge in [-0.1, -0.05) is 29.3 Å². The summed E-state index contributed by atoms with van der Waals surface area (Å²) in [5, 5.41) is 18.8. The summed E-state index contributed by atoms with van der Waals surface area (Å²) in [6, 6.07) is 2.26. The molecule has 5 heteroatoms. The number of hydrogen-bond donors (Lipinski definition) is 2. The van der Waals surface area contributed by atoms with Crippen LogP contribution in [0.1, 0.15) is 12.0 Å². The first-order valence-electron chi connectivity index (χ1n) is 4.09. The van der Waals surface area contributed by atoms with Crippen LogP contribution >= 0.6 is 23.2 Å². The predicted octanol–water partition coefficient (Wildman–Crippen LogP) is 2.85.